The number of aliphatic hydroxyl groups excluding tert-OH is 1. The summed E-state index contributed by atoms with van der Waals surface area (Å²) in [6.45, 7) is 2.82. The Kier molecular flexibility index (Phi) is 3.98. The van der Waals surface area contributed by atoms with E-state index in [4.69, 9.17) is 0 Å². The van der Waals surface area contributed by atoms with Crippen molar-refractivity contribution in [1.29, 1.82) is 0 Å². The van der Waals surface area contributed by atoms with Crippen LogP contribution in [0.15, 0.2) is 30.0 Å². The fourth-order valence-electron chi connectivity index (χ4n) is 2.69. The van der Waals surface area contributed by atoms with E-state index in [1.54, 1.807) is 22.8 Å². The molecule has 1 fully saturated rings. The number of amides is 1. The van der Waals surface area contributed by atoms with E-state index in [-0.39, 0.29) is 11.8 Å². The van der Waals surface area contributed by atoms with Crippen LogP contribution in [-0.2, 0) is 6.42 Å². The zero-order valence-electron chi connectivity index (χ0n) is 11.8. The van der Waals surface area contributed by atoms with Crippen LogP contribution in [0.5, 0.6) is 0 Å². The van der Waals surface area contributed by atoms with E-state index in [0.717, 1.165) is 17.7 Å². The topological polar surface area (TPSA) is 66.3 Å². The van der Waals surface area contributed by atoms with Crippen molar-refractivity contribution in [3.63, 3.8) is 0 Å². The van der Waals surface area contributed by atoms with Gasteiger partial charge in [-0.25, -0.2) is 4.98 Å². The van der Waals surface area contributed by atoms with Gasteiger partial charge in [-0.15, -0.1) is 11.3 Å². The fraction of sp³-hybridized carbons (Fsp3) is 0.400. The molecule has 0 spiro atoms. The van der Waals surface area contributed by atoms with Crippen LogP contribution in [0, 0.1) is 12.8 Å². The summed E-state index contributed by atoms with van der Waals surface area (Å²) in [4.78, 5) is 23.0. The van der Waals surface area contributed by atoms with E-state index >= 15 is 0 Å². The Morgan fingerprint density at radius 2 is 2.19 bits per heavy atom. The van der Waals surface area contributed by atoms with Gasteiger partial charge in [-0.3, -0.25) is 9.78 Å². The highest BCUT2D eigenvalue weighted by Gasteiger charge is 2.35. The molecule has 1 aliphatic rings. The van der Waals surface area contributed by atoms with E-state index in [2.05, 4.69) is 9.97 Å². The molecule has 1 amide bonds. The van der Waals surface area contributed by atoms with Crippen LogP contribution in [0.2, 0.25) is 0 Å². The van der Waals surface area contributed by atoms with Crippen LogP contribution in [0.1, 0.15) is 20.9 Å². The average molecular weight is 303 g/mol. The monoisotopic (exact) mass is 303 g/mol. The van der Waals surface area contributed by atoms with Crippen LogP contribution in [0.4, 0.5) is 0 Å². The largest absolute Gasteiger partial charge is 0.391 e. The molecule has 0 bridgehead atoms. The molecular formula is C15H17N3O2S. The van der Waals surface area contributed by atoms with Gasteiger partial charge in [-0.2, -0.15) is 0 Å². The Hall–Kier alpha value is -1.79. The summed E-state index contributed by atoms with van der Waals surface area (Å²) in [6, 6.07) is 3.90. The number of likely N-dealkylation sites (tertiary alicyclic amines) is 1. The van der Waals surface area contributed by atoms with Crippen molar-refractivity contribution >= 4 is 17.2 Å². The first kappa shape index (κ1) is 14.2. The Morgan fingerprint density at radius 1 is 1.43 bits per heavy atom. The van der Waals surface area contributed by atoms with Crippen molar-refractivity contribution in [3.05, 3.63) is 46.2 Å². The minimum Gasteiger partial charge on any atom is -0.391 e. The molecule has 0 radical (unpaired) electrons. The summed E-state index contributed by atoms with van der Waals surface area (Å²) >= 11 is 1.36. The van der Waals surface area contributed by atoms with Gasteiger partial charge in [-0.05, 0) is 31.0 Å². The van der Waals surface area contributed by atoms with Crippen molar-refractivity contribution in [2.45, 2.75) is 19.4 Å². The quantitative estimate of drug-likeness (QED) is 0.933. The van der Waals surface area contributed by atoms with Crippen LogP contribution >= 0.6 is 11.3 Å². The lowest BCUT2D eigenvalue weighted by atomic mass is 9.97. The minimum atomic E-state index is -0.477. The van der Waals surface area contributed by atoms with E-state index in [1.807, 2.05) is 19.1 Å². The SMILES string of the molecule is Cc1ncsc1C(=O)N1C[C@@H](Cc2ccncc2)[C@H](O)C1. The molecule has 1 N–H and O–H groups in total. The molecule has 5 nitrogen and oxygen atoms in total. The molecule has 0 saturated carbocycles. The second-order valence-electron chi connectivity index (χ2n) is 5.36. The van der Waals surface area contributed by atoms with Gasteiger partial charge in [0.05, 0.1) is 17.3 Å². The third kappa shape index (κ3) is 2.96. The molecule has 2 aromatic rings. The highest BCUT2D eigenvalue weighted by atomic mass is 32.1. The second kappa shape index (κ2) is 5.91. The van der Waals surface area contributed by atoms with Gasteiger partial charge in [0.1, 0.15) is 4.88 Å². The second-order valence-corrected chi connectivity index (χ2v) is 6.22. The van der Waals surface area contributed by atoms with Crippen LogP contribution in [0.25, 0.3) is 0 Å². The summed E-state index contributed by atoms with van der Waals surface area (Å²) < 4.78 is 0. The number of aliphatic hydroxyl groups is 1. The number of thiazole rings is 1. The highest BCUT2D eigenvalue weighted by molar-refractivity contribution is 7.11. The van der Waals surface area contributed by atoms with Crippen molar-refractivity contribution in [2.24, 2.45) is 5.92 Å². The van der Waals surface area contributed by atoms with Gasteiger partial charge in [0, 0.05) is 31.4 Å². The first-order chi connectivity index (χ1) is 10.1. The van der Waals surface area contributed by atoms with Gasteiger partial charge in [-0.1, -0.05) is 0 Å². The molecule has 6 heteroatoms. The minimum absolute atomic E-state index is 0.0220. The number of β-amino-alcohol motifs (C(OH)–C–C–N with tert-alkyl or cyclic N) is 1. The van der Waals surface area contributed by atoms with Crippen molar-refractivity contribution in [2.75, 3.05) is 13.1 Å². The van der Waals surface area contributed by atoms with E-state index in [1.165, 1.54) is 11.3 Å². The summed E-state index contributed by atoms with van der Waals surface area (Å²) in [5.41, 5.74) is 3.58. The van der Waals surface area contributed by atoms with E-state index in [0.29, 0.717) is 18.0 Å². The summed E-state index contributed by atoms with van der Waals surface area (Å²) in [5, 5.41) is 10.2. The number of pyridine rings is 1. The number of hydrogen-bond acceptors (Lipinski definition) is 5. The molecule has 0 unspecified atom stereocenters. The molecule has 110 valence electrons. The van der Waals surface area contributed by atoms with Gasteiger partial charge in [0.25, 0.3) is 5.91 Å². The normalized spacial score (nSPS) is 21.7. The van der Waals surface area contributed by atoms with E-state index in [9.17, 15) is 9.90 Å². The average Bonchev–Trinajstić information content (AvgIpc) is 3.06. The summed E-state index contributed by atoms with van der Waals surface area (Å²) in [5.74, 6) is 0.0517. The standard InChI is InChI=1S/C15H17N3O2S/c1-10-14(21-9-17-10)15(20)18-7-12(13(19)8-18)6-11-2-4-16-5-3-11/h2-5,9,12-13,19H,6-8H2,1H3/t12-,13-/m1/s1. The number of aromatic nitrogens is 2. The number of aryl methyl sites for hydroxylation is 1. The maximum atomic E-state index is 12.4. The first-order valence-electron chi connectivity index (χ1n) is 6.91. The lowest BCUT2D eigenvalue weighted by Gasteiger charge is -2.15. The molecule has 1 aliphatic heterocycles. The zero-order valence-corrected chi connectivity index (χ0v) is 12.6. The Labute approximate surface area is 127 Å². The van der Waals surface area contributed by atoms with Crippen molar-refractivity contribution in [1.82, 2.24) is 14.9 Å². The molecule has 3 heterocycles. The lowest BCUT2D eigenvalue weighted by molar-refractivity contribution is 0.0768. The first-order valence-corrected chi connectivity index (χ1v) is 7.79. The van der Waals surface area contributed by atoms with Crippen LogP contribution in [-0.4, -0.2) is 45.1 Å². The number of nitrogens with zero attached hydrogens (tertiary/aromatic N) is 3. The maximum Gasteiger partial charge on any atom is 0.265 e. The predicted octanol–water partition coefficient (Wildman–Crippen LogP) is 1.52. The predicted molar refractivity (Wildman–Crippen MR) is 80.2 cm³/mol. The molecule has 1 saturated heterocycles. The number of carbonyl (C=O) groups is 1. The Bertz CT molecular complexity index is 629. The Morgan fingerprint density at radius 3 is 2.86 bits per heavy atom. The zero-order chi connectivity index (χ0) is 14.8. The summed E-state index contributed by atoms with van der Waals surface area (Å²) in [7, 11) is 0. The third-order valence-electron chi connectivity index (χ3n) is 3.88. The lowest BCUT2D eigenvalue weighted by Crippen LogP contribution is -2.29. The molecule has 0 aliphatic carbocycles. The van der Waals surface area contributed by atoms with Gasteiger partial charge >= 0.3 is 0 Å². The van der Waals surface area contributed by atoms with Gasteiger partial charge in [0.15, 0.2) is 0 Å². The number of hydrogen-bond donors (Lipinski definition) is 1. The van der Waals surface area contributed by atoms with Crippen molar-refractivity contribution < 1.29 is 9.90 Å². The third-order valence-corrected chi connectivity index (χ3v) is 4.80. The smallest absolute Gasteiger partial charge is 0.265 e. The van der Waals surface area contributed by atoms with E-state index < -0.39 is 6.10 Å². The molecule has 2 atom stereocenters. The fourth-order valence-corrected chi connectivity index (χ4v) is 3.46. The van der Waals surface area contributed by atoms with Crippen LogP contribution in [0.3, 0.4) is 0 Å². The molecule has 21 heavy (non-hydrogen) atoms. The molecule has 2 aromatic heterocycles. The number of carbonyl (C=O) groups excluding carboxylic acids is 1. The number of rotatable bonds is 3. The van der Waals surface area contributed by atoms with Crippen LogP contribution < -0.4 is 0 Å². The van der Waals surface area contributed by atoms with Crippen molar-refractivity contribution in [3.8, 4) is 0 Å². The molecular weight excluding hydrogens is 286 g/mol. The highest BCUT2D eigenvalue weighted by Crippen LogP contribution is 2.24. The molecule has 0 aromatic carbocycles. The summed E-state index contributed by atoms with van der Waals surface area (Å²) in [6.07, 6.45) is 3.78. The van der Waals surface area contributed by atoms with Gasteiger partial charge in [0.2, 0.25) is 0 Å². The Balaban J connectivity index is 1.69. The maximum absolute atomic E-state index is 12.4. The molecule has 3 rings (SSSR count). The van der Waals surface area contributed by atoms with Gasteiger partial charge < -0.3 is 10.0 Å².